The molecular formula is C15H27NO. The van der Waals surface area contributed by atoms with Crippen molar-refractivity contribution < 1.29 is 4.79 Å². The summed E-state index contributed by atoms with van der Waals surface area (Å²) in [6.07, 6.45) is 4.86. The van der Waals surface area contributed by atoms with E-state index in [2.05, 4.69) is 25.7 Å². The van der Waals surface area contributed by atoms with Crippen molar-refractivity contribution in [1.29, 1.82) is 0 Å². The lowest BCUT2D eigenvalue weighted by Crippen LogP contribution is -2.40. The van der Waals surface area contributed by atoms with Crippen molar-refractivity contribution in [1.82, 2.24) is 4.90 Å². The van der Waals surface area contributed by atoms with Crippen molar-refractivity contribution in [2.45, 2.75) is 46.5 Å². The molecule has 0 aromatic rings. The Hall–Kier alpha value is -0.370. The fourth-order valence-electron chi connectivity index (χ4n) is 3.25. The van der Waals surface area contributed by atoms with Crippen LogP contribution >= 0.6 is 0 Å². The lowest BCUT2D eigenvalue weighted by molar-refractivity contribution is -0.128. The number of carbonyl (C=O) groups excluding carboxylic acids is 1. The van der Waals surface area contributed by atoms with Gasteiger partial charge in [-0.15, -0.1) is 0 Å². The Labute approximate surface area is 106 Å². The molecule has 2 rings (SSSR count). The van der Waals surface area contributed by atoms with Crippen LogP contribution in [-0.2, 0) is 4.79 Å². The molecule has 0 aromatic carbocycles. The number of Topliss-reactive ketones (excluding diaryl/α,β-unsaturated/α-hetero) is 1. The molecule has 0 aromatic heterocycles. The van der Waals surface area contributed by atoms with Crippen LogP contribution in [0.15, 0.2) is 0 Å². The minimum Gasteiger partial charge on any atom is -0.303 e. The van der Waals surface area contributed by atoms with Gasteiger partial charge in [-0.25, -0.2) is 0 Å². The zero-order chi connectivity index (χ0) is 12.4. The van der Waals surface area contributed by atoms with E-state index >= 15 is 0 Å². The molecule has 0 saturated heterocycles. The summed E-state index contributed by atoms with van der Waals surface area (Å²) in [7, 11) is 0. The van der Waals surface area contributed by atoms with Gasteiger partial charge in [-0.2, -0.15) is 0 Å². The quantitative estimate of drug-likeness (QED) is 0.732. The van der Waals surface area contributed by atoms with Gasteiger partial charge in [0.1, 0.15) is 5.78 Å². The third-order valence-corrected chi connectivity index (χ3v) is 4.54. The summed E-state index contributed by atoms with van der Waals surface area (Å²) in [5.74, 6) is 2.95. The molecule has 2 aliphatic carbocycles. The van der Waals surface area contributed by atoms with E-state index in [1.807, 2.05) is 0 Å². The van der Waals surface area contributed by atoms with Crippen LogP contribution in [0.4, 0.5) is 0 Å². The van der Waals surface area contributed by atoms with E-state index in [1.165, 1.54) is 25.8 Å². The van der Waals surface area contributed by atoms with E-state index in [0.29, 0.717) is 23.5 Å². The predicted molar refractivity (Wildman–Crippen MR) is 70.9 cm³/mol. The molecular weight excluding hydrogens is 210 g/mol. The maximum atomic E-state index is 12.1. The Kier molecular flexibility index (Phi) is 4.24. The van der Waals surface area contributed by atoms with Crippen molar-refractivity contribution in [2.75, 3.05) is 19.6 Å². The van der Waals surface area contributed by atoms with E-state index in [-0.39, 0.29) is 0 Å². The van der Waals surface area contributed by atoms with Gasteiger partial charge in [-0.1, -0.05) is 20.8 Å². The topological polar surface area (TPSA) is 20.3 Å². The van der Waals surface area contributed by atoms with Gasteiger partial charge in [-0.05, 0) is 43.6 Å². The molecule has 0 spiro atoms. The second kappa shape index (κ2) is 5.51. The van der Waals surface area contributed by atoms with E-state index in [1.54, 1.807) is 0 Å². The molecule has 2 fully saturated rings. The molecule has 2 aliphatic rings. The summed E-state index contributed by atoms with van der Waals surface area (Å²) >= 11 is 0. The first-order chi connectivity index (χ1) is 8.10. The fourth-order valence-corrected chi connectivity index (χ4v) is 3.25. The van der Waals surface area contributed by atoms with Crippen LogP contribution in [0, 0.1) is 23.7 Å². The fraction of sp³-hybridized carbons (Fsp3) is 0.933. The first kappa shape index (κ1) is 13.1. The predicted octanol–water partition coefficient (Wildman–Crippen LogP) is 2.97. The first-order valence-electron chi connectivity index (χ1n) is 7.35. The van der Waals surface area contributed by atoms with Gasteiger partial charge in [0.25, 0.3) is 0 Å². The monoisotopic (exact) mass is 237 g/mol. The molecule has 0 heterocycles. The summed E-state index contributed by atoms with van der Waals surface area (Å²) in [6, 6.07) is 0. The summed E-state index contributed by atoms with van der Waals surface area (Å²) in [5.41, 5.74) is 0. The summed E-state index contributed by atoms with van der Waals surface area (Å²) in [4.78, 5) is 14.6. The number of ketones is 1. The van der Waals surface area contributed by atoms with Crippen LogP contribution in [0.2, 0.25) is 0 Å². The summed E-state index contributed by atoms with van der Waals surface area (Å²) in [6.45, 7) is 10.0. The highest BCUT2D eigenvalue weighted by Gasteiger charge is 2.34. The molecule has 17 heavy (non-hydrogen) atoms. The Morgan fingerprint density at radius 3 is 2.47 bits per heavy atom. The van der Waals surface area contributed by atoms with E-state index in [0.717, 1.165) is 25.4 Å². The van der Waals surface area contributed by atoms with E-state index in [9.17, 15) is 4.79 Å². The number of nitrogens with zero attached hydrogens (tertiary/aromatic N) is 1. The largest absolute Gasteiger partial charge is 0.303 e. The molecule has 98 valence electrons. The van der Waals surface area contributed by atoms with Gasteiger partial charge < -0.3 is 4.90 Å². The molecule has 0 radical (unpaired) electrons. The Morgan fingerprint density at radius 2 is 1.94 bits per heavy atom. The van der Waals surface area contributed by atoms with Gasteiger partial charge in [0.15, 0.2) is 0 Å². The van der Waals surface area contributed by atoms with Crippen LogP contribution < -0.4 is 0 Å². The number of rotatable bonds is 5. The van der Waals surface area contributed by atoms with Crippen LogP contribution in [0.5, 0.6) is 0 Å². The number of hydrogen-bond donors (Lipinski definition) is 0. The van der Waals surface area contributed by atoms with E-state index < -0.39 is 0 Å². The van der Waals surface area contributed by atoms with Crippen molar-refractivity contribution in [3.8, 4) is 0 Å². The third kappa shape index (κ3) is 3.54. The number of carbonyl (C=O) groups is 1. The first-order valence-corrected chi connectivity index (χ1v) is 7.35. The normalized spacial score (nSPS) is 34.4. The van der Waals surface area contributed by atoms with Crippen molar-refractivity contribution >= 4 is 5.78 Å². The lowest BCUT2D eigenvalue weighted by atomic mass is 9.74. The molecule has 0 N–H and O–H groups in total. The van der Waals surface area contributed by atoms with Crippen LogP contribution in [0.25, 0.3) is 0 Å². The van der Waals surface area contributed by atoms with Gasteiger partial charge >= 0.3 is 0 Å². The smallest absolute Gasteiger partial charge is 0.137 e. The second-order valence-corrected chi connectivity index (χ2v) is 6.39. The van der Waals surface area contributed by atoms with Crippen LogP contribution in [0.3, 0.4) is 0 Å². The van der Waals surface area contributed by atoms with Gasteiger partial charge in [0.05, 0.1) is 0 Å². The molecule has 2 heteroatoms. The maximum Gasteiger partial charge on any atom is 0.137 e. The van der Waals surface area contributed by atoms with Crippen molar-refractivity contribution in [3.05, 3.63) is 0 Å². The highest BCUT2D eigenvalue weighted by molar-refractivity contribution is 5.82. The Balaban J connectivity index is 1.88. The zero-order valence-electron chi connectivity index (χ0n) is 11.6. The molecule has 0 bridgehead atoms. The minimum atomic E-state index is 0.310. The number of hydrogen-bond acceptors (Lipinski definition) is 2. The summed E-state index contributed by atoms with van der Waals surface area (Å²) < 4.78 is 0. The van der Waals surface area contributed by atoms with Crippen LogP contribution in [0.1, 0.15) is 46.5 Å². The van der Waals surface area contributed by atoms with E-state index in [4.69, 9.17) is 0 Å². The van der Waals surface area contributed by atoms with Crippen molar-refractivity contribution in [2.24, 2.45) is 23.7 Å². The molecule has 2 nitrogen and oxygen atoms in total. The minimum absolute atomic E-state index is 0.310. The highest BCUT2D eigenvalue weighted by atomic mass is 16.1. The summed E-state index contributed by atoms with van der Waals surface area (Å²) in [5, 5.41) is 0. The average Bonchev–Trinajstić information content (AvgIpc) is 3.05. The molecule has 3 atom stereocenters. The second-order valence-electron chi connectivity index (χ2n) is 6.39. The van der Waals surface area contributed by atoms with Gasteiger partial charge in [-0.3, -0.25) is 4.79 Å². The standard InChI is InChI=1S/C15H27NO/c1-4-16(9-13-5-6-13)10-14-12(3)7-11(2)8-15(14)17/h11-14H,4-10H2,1-3H3. The third-order valence-electron chi connectivity index (χ3n) is 4.54. The molecule has 2 saturated carbocycles. The lowest BCUT2D eigenvalue weighted by Gasteiger charge is -2.35. The van der Waals surface area contributed by atoms with Crippen LogP contribution in [-0.4, -0.2) is 30.3 Å². The SMILES string of the molecule is CCN(CC1CC1)CC1C(=O)CC(C)CC1C. The van der Waals surface area contributed by atoms with Crippen molar-refractivity contribution in [3.63, 3.8) is 0 Å². The molecule has 0 aliphatic heterocycles. The average molecular weight is 237 g/mol. The maximum absolute atomic E-state index is 12.1. The van der Waals surface area contributed by atoms with Gasteiger partial charge in [0.2, 0.25) is 0 Å². The highest BCUT2D eigenvalue weighted by Crippen LogP contribution is 2.33. The zero-order valence-corrected chi connectivity index (χ0v) is 11.6. The molecule has 0 amide bonds. The van der Waals surface area contributed by atoms with Gasteiger partial charge in [0, 0.05) is 25.4 Å². The Morgan fingerprint density at radius 1 is 1.24 bits per heavy atom. The Bertz CT molecular complexity index is 272. The molecule has 3 unspecified atom stereocenters.